The van der Waals surface area contributed by atoms with Gasteiger partial charge in [0.2, 0.25) is 0 Å². The number of aromatic nitrogens is 2. The monoisotopic (exact) mass is 709 g/mol. The van der Waals surface area contributed by atoms with Gasteiger partial charge in [0, 0.05) is 0 Å². The maximum atomic E-state index is 12.8. The molecular formula is C19H24I3N2O3-. The van der Waals surface area contributed by atoms with Crippen molar-refractivity contribution in [2.45, 2.75) is 39.5 Å². The van der Waals surface area contributed by atoms with Crippen molar-refractivity contribution in [1.82, 2.24) is 9.78 Å². The minimum atomic E-state index is -0.380. The number of hydrogen-bond donors (Lipinski definition) is 0. The zero-order valence-electron chi connectivity index (χ0n) is 15.7. The Labute approximate surface area is 190 Å². The number of rotatable bonds is 9. The first-order chi connectivity index (χ1) is 12.9. The molecule has 1 aromatic carbocycles. The molecule has 0 radical (unpaired) electrons. The Hall–Kier alpha value is -0.0800. The number of hydrogen-bond acceptors (Lipinski definition) is 4. The molecule has 8 heteroatoms. The fraction of sp³-hybridized carbons (Fsp3) is 0.421. The molecule has 27 heavy (non-hydrogen) atoms. The second-order valence-electron chi connectivity index (χ2n) is 6.82. The van der Waals surface area contributed by atoms with Gasteiger partial charge in [-0.25, -0.2) is 0 Å². The molecule has 0 spiro atoms. The van der Waals surface area contributed by atoms with Gasteiger partial charge in [0.15, 0.2) is 0 Å². The quantitative estimate of drug-likeness (QED) is 0.223. The third-order valence-corrected chi connectivity index (χ3v) is 8.99. The second-order valence-corrected chi connectivity index (χ2v) is 13.3. The van der Waals surface area contributed by atoms with E-state index in [9.17, 15) is 4.79 Å². The molecule has 0 aliphatic rings. The van der Waals surface area contributed by atoms with E-state index >= 15 is 0 Å². The van der Waals surface area contributed by atoms with E-state index < -0.39 is 0 Å². The summed E-state index contributed by atoms with van der Waals surface area (Å²) in [4.78, 5) is 12.8. The van der Waals surface area contributed by atoms with E-state index in [-0.39, 0.29) is 49.1 Å². The van der Waals surface area contributed by atoms with Crippen LogP contribution in [0.2, 0.25) is 0 Å². The van der Waals surface area contributed by atoms with Crippen molar-refractivity contribution in [3.05, 3.63) is 55.5 Å². The summed E-state index contributed by atoms with van der Waals surface area (Å²) >= 11 is 2.06. The number of ether oxygens (including phenoxy) is 2. The first-order valence-electron chi connectivity index (χ1n) is 8.36. The summed E-state index contributed by atoms with van der Waals surface area (Å²) in [5.41, 5.74) is 1.63. The van der Waals surface area contributed by atoms with Crippen molar-refractivity contribution in [2.24, 2.45) is 0 Å². The van der Waals surface area contributed by atoms with Gasteiger partial charge in [0.1, 0.15) is 0 Å². The molecule has 0 amide bonds. The van der Waals surface area contributed by atoms with Gasteiger partial charge in [0.25, 0.3) is 0 Å². The van der Waals surface area contributed by atoms with Crippen molar-refractivity contribution in [2.75, 3.05) is 11.0 Å². The minimum absolute atomic E-state index is 0.0529. The second kappa shape index (κ2) is 11.2. The molecule has 0 bridgehead atoms. The van der Waals surface area contributed by atoms with Crippen LogP contribution < -0.4 is 27.5 Å². The Balaban J connectivity index is 2.07. The van der Waals surface area contributed by atoms with Crippen molar-refractivity contribution in [1.29, 1.82) is 0 Å². The Morgan fingerprint density at radius 2 is 1.85 bits per heavy atom. The summed E-state index contributed by atoms with van der Waals surface area (Å²) in [6, 6.07) is 8.14. The summed E-state index contributed by atoms with van der Waals surface area (Å²) in [5, 5.41) is 4.32. The fourth-order valence-corrected chi connectivity index (χ4v) is 5.64. The molecule has 0 unspecified atom stereocenters. The zero-order valence-corrected chi connectivity index (χ0v) is 22.1. The first-order valence-corrected chi connectivity index (χ1v) is 18.8. The zero-order chi connectivity index (χ0) is 19.9. The third kappa shape index (κ3) is 7.03. The van der Waals surface area contributed by atoms with Gasteiger partial charge in [0.05, 0.1) is 0 Å². The fourth-order valence-electron chi connectivity index (χ4n) is 2.26. The predicted octanol–water partition coefficient (Wildman–Crippen LogP) is 1.11. The van der Waals surface area contributed by atoms with E-state index in [0.717, 1.165) is 25.7 Å². The van der Waals surface area contributed by atoms with Crippen LogP contribution in [0.3, 0.4) is 0 Å². The van der Waals surface area contributed by atoms with E-state index in [1.807, 2.05) is 45.0 Å². The number of halogens is 3. The molecule has 0 saturated carbocycles. The Morgan fingerprint density at radius 3 is 2.41 bits per heavy atom. The molecule has 0 atom stereocenters. The standard InChI is InChI=1S/C19H24I3N2O3/c1-19(2,3)24-18(25)17(16(22-20)11-23-24)27-13-15-7-5-14(6-8-15)12-26-10-9-21-4/h5-8,11H,4,9-10,12-13H2,1-3H3/q-1. The van der Waals surface area contributed by atoms with E-state index in [0.29, 0.717) is 19.0 Å². The predicted molar refractivity (Wildman–Crippen MR) is 123 cm³/mol. The van der Waals surface area contributed by atoms with E-state index in [1.165, 1.54) is 4.68 Å². The van der Waals surface area contributed by atoms with E-state index in [4.69, 9.17) is 9.47 Å². The summed E-state index contributed by atoms with van der Waals surface area (Å²) in [7, 11) is 0. The van der Waals surface area contributed by atoms with Crippen LogP contribution in [0.25, 0.3) is 0 Å². The molecule has 0 aliphatic heterocycles. The topological polar surface area (TPSA) is 53.4 Å². The van der Waals surface area contributed by atoms with Crippen LogP contribution in [-0.2, 0) is 23.5 Å². The molecule has 1 heterocycles. The molecule has 2 aromatic rings. The number of alkyl halides is 1. The molecule has 0 saturated heterocycles. The molecule has 5 nitrogen and oxygen atoms in total. The molecule has 1 aromatic heterocycles. The van der Waals surface area contributed by atoms with Gasteiger partial charge in [-0.2, -0.15) is 0 Å². The van der Waals surface area contributed by atoms with Crippen molar-refractivity contribution < 1.29 is 26.7 Å². The summed E-state index contributed by atoms with van der Waals surface area (Å²) in [6.45, 7) is 7.65. The van der Waals surface area contributed by atoms with Crippen LogP contribution in [0, 0.1) is 3.57 Å². The summed E-state index contributed by atoms with van der Waals surface area (Å²) in [5.74, 6) is 0.436. The molecule has 2 rings (SSSR count). The van der Waals surface area contributed by atoms with E-state index in [2.05, 4.69) is 28.2 Å². The Bertz CT molecular complexity index is 814. The van der Waals surface area contributed by atoms with E-state index in [1.54, 1.807) is 6.20 Å². The number of benzene rings is 1. The molecule has 0 N–H and O–H groups in total. The number of nitrogens with zero attached hydrogens (tertiary/aromatic N) is 2. The van der Waals surface area contributed by atoms with Crippen molar-refractivity contribution >= 4 is 43.9 Å². The van der Waals surface area contributed by atoms with Crippen LogP contribution >= 0.6 is 39.3 Å². The average molecular weight is 709 g/mol. The van der Waals surface area contributed by atoms with Crippen LogP contribution in [0.1, 0.15) is 31.9 Å². The van der Waals surface area contributed by atoms with Crippen LogP contribution in [-0.4, -0.2) is 25.3 Å². The van der Waals surface area contributed by atoms with Gasteiger partial charge < -0.3 is 0 Å². The molecular weight excluding hydrogens is 685 g/mol. The third-order valence-electron chi connectivity index (χ3n) is 3.63. The van der Waals surface area contributed by atoms with Gasteiger partial charge >= 0.3 is 167 Å². The van der Waals surface area contributed by atoms with Gasteiger partial charge in [-0.05, 0) is 0 Å². The molecule has 150 valence electrons. The van der Waals surface area contributed by atoms with Crippen molar-refractivity contribution in [3.63, 3.8) is 0 Å². The normalized spacial score (nSPS) is 11.7. The van der Waals surface area contributed by atoms with Crippen LogP contribution in [0.4, 0.5) is 0 Å². The first kappa shape index (κ1) is 23.2. The maximum absolute atomic E-state index is 12.8. The van der Waals surface area contributed by atoms with Gasteiger partial charge in [-0.15, -0.1) is 20.7 Å². The van der Waals surface area contributed by atoms with Crippen LogP contribution in [0.5, 0.6) is 5.75 Å². The SMILES string of the molecule is C=ICCOCc1ccc(COc2c([I-]I)cnn(C(C)(C)C)c2=O)cc1. The van der Waals surface area contributed by atoms with Gasteiger partial charge in [-0.3, -0.25) is 0 Å². The summed E-state index contributed by atoms with van der Waals surface area (Å²) in [6.07, 6.45) is 1.77. The van der Waals surface area contributed by atoms with Crippen molar-refractivity contribution in [3.8, 4) is 5.75 Å². The Morgan fingerprint density at radius 1 is 1.22 bits per heavy atom. The average Bonchev–Trinajstić information content (AvgIpc) is 2.64. The van der Waals surface area contributed by atoms with Crippen LogP contribution in [0.15, 0.2) is 35.3 Å². The Kier molecular flexibility index (Phi) is 9.62. The molecule has 0 fully saturated rings. The van der Waals surface area contributed by atoms with Gasteiger partial charge in [-0.1, -0.05) is 4.51 Å². The molecule has 0 aliphatic carbocycles. The summed E-state index contributed by atoms with van der Waals surface area (Å²) < 4.78 is 19.0.